The van der Waals surface area contributed by atoms with Gasteiger partial charge in [0.2, 0.25) is 0 Å². The summed E-state index contributed by atoms with van der Waals surface area (Å²) in [5.74, 6) is -0.322. The van der Waals surface area contributed by atoms with Crippen LogP contribution in [0.4, 0.5) is 4.39 Å². The molecule has 0 spiro atoms. The van der Waals surface area contributed by atoms with E-state index >= 15 is 0 Å². The Morgan fingerprint density at radius 2 is 2.40 bits per heavy atom. The quantitative estimate of drug-likeness (QED) is 0.764. The van der Waals surface area contributed by atoms with E-state index in [0.717, 1.165) is 0 Å². The van der Waals surface area contributed by atoms with Crippen LogP contribution in [0.2, 0.25) is 0 Å². The van der Waals surface area contributed by atoms with Gasteiger partial charge in [-0.1, -0.05) is 6.08 Å². The van der Waals surface area contributed by atoms with Crippen molar-refractivity contribution in [3.8, 4) is 6.07 Å². The van der Waals surface area contributed by atoms with Gasteiger partial charge in [-0.2, -0.15) is 5.26 Å². The second-order valence-electron chi connectivity index (χ2n) is 3.32. The molecule has 78 valence electrons. The van der Waals surface area contributed by atoms with E-state index in [9.17, 15) is 4.39 Å². The first-order valence-electron chi connectivity index (χ1n) is 4.72. The van der Waals surface area contributed by atoms with Gasteiger partial charge in [0.25, 0.3) is 0 Å². The molecule has 0 aromatic heterocycles. The van der Waals surface area contributed by atoms with Gasteiger partial charge in [0.1, 0.15) is 5.82 Å². The average Bonchev–Trinajstić information content (AvgIpc) is 2.26. The molecule has 1 unspecified atom stereocenters. The van der Waals surface area contributed by atoms with Crippen molar-refractivity contribution in [3.63, 3.8) is 0 Å². The van der Waals surface area contributed by atoms with Gasteiger partial charge >= 0.3 is 0 Å². The zero-order chi connectivity index (χ0) is 11.3. The Hall–Kier alpha value is -1.66. The molecule has 2 nitrogen and oxygen atoms in total. The summed E-state index contributed by atoms with van der Waals surface area (Å²) < 4.78 is 12.9. The van der Waals surface area contributed by atoms with Crippen molar-refractivity contribution in [2.75, 3.05) is 0 Å². The number of rotatable bonds is 4. The molecule has 15 heavy (non-hydrogen) atoms. The first-order chi connectivity index (χ1) is 7.17. The molecule has 0 saturated carbocycles. The summed E-state index contributed by atoms with van der Waals surface area (Å²) in [4.78, 5) is 0. The Morgan fingerprint density at radius 1 is 1.67 bits per heavy atom. The van der Waals surface area contributed by atoms with E-state index in [-0.39, 0.29) is 11.9 Å². The molecule has 0 heterocycles. The first kappa shape index (κ1) is 11.4. The van der Waals surface area contributed by atoms with Gasteiger partial charge in [-0.3, -0.25) is 0 Å². The number of nitrogens with zero attached hydrogens (tertiary/aromatic N) is 1. The molecule has 1 N–H and O–H groups in total. The third-order valence-corrected chi connectivity index (χ3v) is 2.16. The molecule has 0 amide bonds. The molecule has 0 aliphatic heterocycles. The van der Waals surface area contributed by atoms with E-state index in [1.807, 2.05) is 13.0 Å². The van der Waals surface area contributed by atoms with E-state index in [0.29, 0.717) is 17.7 Å². The summed E-state index contributed by atoms with van der Waals surface area (Å²) in [5.41, 5.74) is 1.17. The maximum atomic E-state index is 12.9. The van der Waals surface area contributed by atoms with Crippen LogP contribution in [0.1, 0.15) is 18.1 Å². The van der Waals surface area contributed by atoms with Crippen molar-refractivity contribution in [2.45, 2.75) is 19.5 Å². The number of hydrogen-bond donors (Lipinski definition) is 1. The molecular formula is C12H13FN2. The number of nitriles is 1. The van der Waals surface area contributed by atoms with Gasteiger partial charge in [0, 0.05) is 12.6 Å². The third-order valence-electron chi connectivity index (χ3n) is 2.16. The van der Waals surface area contributed by atoms with Crippen molar-refractivity contribution in [2.24, 2.45) is 0 Å². The molecule has 0 saturated heterocycles. The molecular weight excluding hydrogens is 191 g/mol. The third kappa shape index (κ3) is 3.19. The summed E-state index contributed by atoms with van der Waals surface area (Å²) in [5, 5.41) is 11.9. The van der Waals surface area contributed by atoms with Crippen molar-refractivity contribution in [3.05, 3.63) is 47.8 Å². The highest BCUT2D eigenvalue weighted by Gasteiger charge is 2.04. The molecule has 0 aliphatic rings. The predicted molar refractivity (Wildman–Crippen MR) is 57.6 cm³/mol. The molecule has 1 aromatic rings. The SMILES string of the molecule is C=CC(C)NCc1cc(F)ccc1C#N. The minimum atomic E-state index is -0.322. The predicted octanol–water partition coefficient (Wildman–Crippen LogP) is 2.36. The normalized spacial score (nSPS) is 11.8. The van der Waals surface area contributed by atoms with Crippen LogP contribution in [-0.4, -0.2) is 6.04 Å². The topological polar surface area (TPSA) is 35.8 Å². The van der Waals surface area contributed by atoms with Crippen LogP contribution in [0.25, 0.3) is 0 Å². The van der Waals surface area contributed by atoms with Crippen LogP contribution in [0, 0.1) is 17.1 Å². The van der Waals surface area contributed by atoms with Gasteiger partial charge in [-0.05, 0) is 30.7 Å². The lowest BCUT2D eigenvalue weighted by molar-refractivity contribution is 0.609. The Labute approximate surface area is 89.0 Å². The van der Waals surface area contributed by atoms with E-state index in [2.05, 4.69) is 11.9 Å². The minimum absolute atomic E-state index is 0.139. The van der Waals surface area contributed by atoms with Crippen LogP contribution in [-0.2, 0) is 6.54 Å². The molecule has 0 fully saturated rings. The molecule has 1 aromatic carbocycles. The van der Waals surface area contributed by atoms with Gasteiger partial charge in [-0.15, -0.1) is 6.58 Å². The van der Waals surface area contributed by atoms with Crippen molar-refractivity contribution >= 4 is 0 Å². The number of hydrogen-bond acceptors (Lipinski definition) is 2. The Bertz CT molecular complexity index is 393. The highest BCUT2D eigenvalue weighted by atomic mass is 19.1. The monoisotopic (exact) mass is 204 g/mol. The average molecular weight is 204 g/mol. The molecule has 3 heteroatoms. The number of nitrogens with one attached hydrogen (secondary N) is 1. The number of benzene rings is 1. The first-order valence-corrected chi connectivity index (χ1v) is 4.72. The van der Waals surface area contributed by atoms with Crippen molar-refractivity contribution in [1.82, 2.24) is 5.32 Å². The fourth-order valence-corrected chi connectivity index (χ4v) is 1.17. The van der Waals surface area contributed by atoms with Crippen LogP contribution >= 0.6 is 0 Å². The fourth-order valence-electron chi connectivity index (χ4n) is 1.17. The second kappa shape index (κ2) is 5.28. The zero-order valence-electron chi connectivity index (χ0n) is 8.63. The van der Waals surface area contributed by atoms with Crippen molar-refractivity contribution < 1.29 is 4.39 Å². The van der Waals surface area contributed by atoms with Crippen molar-refractivity contribution in [1.29, 1.82) is 5.26 Å². The second-order valence-corrected chi connectivity index (χ2v) is 3.32. The highest BCUT2D eigenvalue weighted by molar-refractivity contribution is 5.37. The largest absolute Gasteiger partial charge is 0.307 e. The van der Waals surface area contributed by atoms with E-state index in [4.69, 9.17) is 5.26 Å². The van der Waals surface area contributed by atoms with E-state index in [1.54, 1.807) is 6.08 Å². The lowest BCUT2D eigenvalue weighted by Gasteiger charge is -2.10. The van der Waals surface area contributed by atoms with Gasteiger partial charge < -0.3 is 5.32 Å². The summed E-state index contributed by atoms with van der Waals surface area (Å²) >= 11 is 0. The maximum absolute atomic E-state index is 12.9. The highest BCUT2D eigenvalue weighted by Crippen LogP contribution is 2.10. The fraction of sp³-hybridized carbons (Fsp3) is 0.250. The maximum Gasteiger partial charge on any atom is 0.123 e. The summed E-state index contributed by atoms with van der Waals surface area (Å²) in [7, 11) is 0. The zero-order valence-corrected chi connectivity index (χ0v) is 8.63. The Kier molecular flexibility index (Phi) is 4.02. The molecule has 0 bridgehead atoms. The van der Waals surface area contributed by atoms with Crippen LogP contribution in [0.5, 0.6) is 0 Å². The van der Waals surface area contributed by atoms with Gasteiger partial charge in [0.15, 0.2) is 0 Å². The molecule has 0 radical (unpaired) electrons. The molecule has 1 rings (SSSR count). The van der Waals surface area contributed by atoms with Gasteiger partial charge in [0.05, 0.1) is 11.6 Å². The summed E-state index contributed by atoms with van der Waals surface area (Å²) in [6, 6.07) is 6.33. The lowest BCUT2D eigenvalue weighted by atomic mass is 10.1. The molecule has 0 aliphatic carbocycles. The number of halogens is 1. The summed E-state index contributed by atoms with van der Waals surface area (Å²) in [6.07, 6.45) is 1.76. The summed E-state index contributed by atoms with van der Waals surface area (Å²) in [6.45, 7) is 6.04. The smallest absolute Gasteiger partial charge is 0.123 e. The van der Waals surface area contributed by atoms with E-state index in [1.165, 1.54) is 18.2 Å². The van der Waals surface area contributed by atoms with E-state index < -0.39 is 0 Å². The Morgan fingerprint density at radius 3 is 3.00 bits per heavy atom. The Balaban J connectivity index is 2.79. The molecule has 1 atom stereocenters. The lowest BCUT2D eigenvalue weighted by Crippen LogP contribution is -2.23. The van der Waals surface area contributed by atoms with Gasteiger partial charge in [-0.25, -0.2) is 4.39 Å². The standard InChI is InChI=1S/C12H13FN2/c1-3-9(2)15-8-11-6-12(13)5-4-10(11)7-14/h3-6,9,15H,1,8H2,2H3. The van der Waals surface area contributed by atoms with Crippen LogP contribution < -0.4 is 5.32 Å². The van der Waals surface area contributed by atoms with Crippen LogP contribution in [0.15, 0.2) is 30.9 Å². The minimum Gasteiger partial charge on any atom is -0.307 e. The van der Waals surface area contributed by atoms with Crippen LogP contribution in [0.3, 0.4) is 0 Å².